The molecule has 9 heteroatoms. The first-order chi connectivity index (χ1) is 18.5. The zero-order valence-electron chi connectivity index (χ0n) is 20.8. The first kappa shape index (κ1) is 25.8. The van der Waals surface area contributed by atoms with Crippen molar-refractivity contribution in [3.8, 4) is 0 Å². The highest BCUT2D eigenvalue weighted by Gasteiger charge is 2.36. The molecule has 1 saturated heterocycles. The van der Waals surface area contributed by atoms with Gasteiger partial charge in [0, 0.05) is 37.4 Å². The van der Waals surface area contributed by atoms with Crippen LogP contribution in [-0.4, -0.2) is 61.6 Å². The SMILES string of the molecule is O=C(COC(=O)[C@@H]1Cc2ccccc2CN1C(=O)c1ccccc1Cl)Nc1ccc(N2CCOCC2)cc1. The van der Waals surface area contributed by atoms with Gasteiger partial charge in [-0.2, -0.15) is 0 Å². The molecule has 0 radical (unpaired) electrons. The van der Waals surface area contributed by atoms with Gasteiger partial charge in [-0.1, -0.05) is 48.0 Å². The average molecular weight is 534 g/mol. The minimum atomic E-state index is -0.880. The predicted octanol–water partition coefficient (Wildman–Crippen LogP) is 3.93. The first-order valence-corrected chi connectivity index (χ1v) is 12.9. The van der Waals surface area contributed by atoms with Gasteiger partial charge in [0.1, 0.15) is 6.04 Å². The molecule has 5 rings (SSSR count). The number of amides is 2. The van der Waals surface area contributed by atoms with Gasteiger partial charge in [0.25, 0.3) is 11.8 Å². The van der Waals surface area contributed by atoms with E-state index in [1.807, 2.05) is 48.5 Å². The van der Waals surface area contributed by atoms with Gasteiger partial charge in [0.15, 0.2) is 6.61 Å². The van der Waals surface area contributed by atoms with E-state index in [1.165, 1.54) is 4.90 Å². The van der Waals surface area contributed by atoms with Crippen molar-refractivity contribution in [2.45, 2.75) is 19.0 Å². The maximum absolute atomic E-state index is 13.4. The molecule has 0 saturated carbocycles. The average Bonchev–Trinajstić information content (AvgIpc) is 2.96. The first-order valence-electron chi connectivity index (χ1n) is 12.5. The maximum Gasteiger partial charge on any atom is 0.329 e. The van der Waals surface area contributed by atoms with E-state index >= 15 is 0 Å². The molecule has 1 atom stereocenters. The Morgan fingerprint density at radius 1 is 0.921 bits per heavy atom. The van der Waals surface area contributed by atoms with Crippen LogP contribution < -0.4 is 10.2 Å². The van der Waals surface area contributed by atoms with E-state index in [4.69, 9.17) is 21.1 Å². The Balaban J connectivity index is 1.23. The van der Waals surface area contributed by atoms with E-state index in [2.05, 4.69) is 10.2 Å². The summed E-state index contributed by atoms with van der Waals surface area (Å²) >= 11 is 6.27. The Labute approximate surface area is 226 Å². The van der Waals surface area contributed by atoms with Crippen LogP contribution >= 0.6 is 11.6 Å². The largest absolute Gasteiger partial charge is 0.454 e. The van der Waals surface area contributed by atoms with Crippen molar-refractivity contribution in [1.82, 2.24) is 4.90 Å². The number of nitrogens with one attached hydrogen (secondary N) is 1. The number of hydrogen-bond donors (Lipinski definition) is 1. The number of benzene rings is 3. The molecule has 8 nitrogen and oxygen atoms in total. The number of carbonyl (C=O) groups is 3. The van der Waals surface area contributed by atoms with Gasteiger partial charge in [-0.25, -0.2) is 4.79 Å². The summed E-state index contributed by atoms with van der Waals surface area (Å²) in [5.74, 6) is -1.47. The lowest BCUT2D eigenvalue weighted by Crippen LogP contribution is -2.49. The Kier molecular flexibility index (Phi) is 7.91. The summed E-state index contributed by atoms with van der Waals surface area (Å²) in [6.45, 7) is 2.81. The van der Waals surface area contributed by atoms with E-state index in [9.17, 15) is 14.4 Å². The molecule has 3 aromatic rings. The fourth-order valence-electron chi connectivity index (χ4n) is 4.74. The number of rotatable bonds is 6. The number of fused-ring (bicyclic) bond motifs is 1. The molecule has 0 aromatic heterocycles. The second-order valence-corrected chi connectivity index (χ2v) is 9.61. The molecule has 2 heterocycles. The van der Waals surface area contributed by atoms with Crippen LogP contribution in [0.25, 0.3) is 0 Å². The third-order valence-electron chi connectivity index (χ3n) is 6.76. The molecular formula is C29H28ClN3O5. The molecule has 1 fully saturated rings. The van der Waals surface area contributed by atoms with Crippen LogP contribution in [0.15, 0.2) is 72.8 Å². The minimum Gasteiger partial charge on any atom is -0.454 e. The molecule has 2 aliphatic heterocycles. The Bertz CT molecular complexity index is 1320. The molecule has 38 heavy (non-hydrogen) atoms. The molecular weight excluding hydrogens is 506 g/mol. The quantitative estimate of drug-likeness (QED) is 0.483. The van der Waals surface area contributed by atoms with Crippen molar-refractivity contribution in [3.05, 3.63) is 94.5 Å². The summed E-state index contributed by atoms with van der Waals surface area (Å²) < 4.78 is 10.8. The summed E-state index contributed by atoms with van der Waals surface area (Å²) in [5, 5.41) is 3.06. The Hall–Kier alpha value is -3.88. The molecule has 0 bridgehead atoms. The Morgan fingerprint density at radius 3 is 2.34 bits per heavy atom. The van der Waals surface area contributed by atoms with Gasteiger partial charge >= 0.3 is 5.97 Å². The number of halogens is 1. The standard InChI is InChI=1S/C29H28ClN3O5/c30-25-8-4-3-7-24(25)28(35)33-18-21-6-2-1-5-20(21)17-26(33)29(36)38-19-27(34)31-22-9-11-23(12-10-22)32-13-15-37-16-14-32/h1-12,26H,13-19H2,(H,31,34)/t26-/m0/s1. The van der Waals surface area contributed by atoms with Crippen LogP contribution in [0.3, 0.4) is 0 Å². The molecule has 0 unspecified atom stereocenters. The molecule has 3 aromatic carbocycles. The fraction of sp³-hybridized carbons (Fsp3) is 0.276. The molecule has 2 aliphatic rings. The minimum absolute atomic E-state index is 0.238. The van der Waals surface area contributed by atoms with E-state index in [-0.39, 0.29) is 18.9 Å². The van der Waals surface area contributed by atoms with Crippen LogP contribution in [-0.2, 0) is 32.0 Å². The van der Waals surface area contributed by atoms with Crippen molar-refractivity contribution in [3.63, 3.8) is 0 Å². The van der Waals surface area contributed by atoms with Crippen molar-refractivity contribution < 1.29 is 23.9 Å². The van der Waals surface area contributed by atoms with E-state index in [1.54, 1.807) is 24.3 Å². The number of anilines is 2. The van der Waals surface area contributed by atoms with Gasteiger partial charge < -0.3 is 24.6 Å². The van der Waals surface area contributed by atoms with Gasteiger partial charge in [-0.3, -0.25) is 9.59 Å². The van der Waals surface area contributed by atoms with Gasteiger partial charge in [-0.05, 0) is 47.5 Å². The summed E-state index contributed by atoms with van der Waals surface area (Å²) in [7, 11) is 0. The van der Waals surface area contributed by atoms with Crippen molar-refractivity contribution >= 4 is 40.8 Å². The Morgan fingerprint density at radius 2 is 1.61 bits per heavy atom. The van der Waals surface area contributed by atoms with E-state index in [0.717, 1.165) is 29.9 Å². The third-order valence-corrected chi connectivity index (χ3v) is 7.09. The van der Waals surface area contributed by atoms with E-state index < -0.39 is 24.5 Å². The van der Waals surface area contributed by atoms with Crippen LogP contribution in [0.4, 0.5) is 11.4 Å². The lowest BCUT2D eigenvalue weighted by atomic mass is 9.93. The lowest BCUT2D eigenvalue weighted by molar-refractivity contribution is -0.152. The van der Waals surface area contributed by atoms with Crippen molar-refractivity contribution in [1.29, 1.82) is 0 Å². The monoisotopic (exact) mass is 533 g/mol. The number of hydrogen-bond acceptors (Lipinski definition) is 6. The molecule has 2 amide bonds. The number of carbonyl (C=O) groups excluding carboxylic acids is 3. The van der Waals surface area contributed by atoms with E-state index in [0.29, 0.717) is 29.5 Å². The molecule has 0 spiro atoms. The zero-order valence-corrected chi connectivity index (χ0v) is 21.5. The highest BCUT2D eigenvalue weighted by molar-refractivity contribution is 6.33. The topological polar surface area (TPSA) is 88.2 Å². The zero-order chi connectivity index (χ0) is 26.5. The molecule has 1 N–H and O–H groups in total. The fourth-order valence-corrected chi connectivity index (χ4v) is 4.96. The van der Waals surface area contributed by atoms with Crippen LogP contribution in [0.5, 0.6) is 0 Å². The summed E-state index contributed by atoms with van der Waals surface area (Å²) in [6.07, 6.45) is 0.288. The number of esters is 1. The molecule has 0 aliphatic carbocycles. The van der Waals surface area contributed by atoms with Crippen LogP contribution in [0.2, 0.25) is 5.02 Å². The summed E-state index contributed by atoms with van der Waals surface area (Å²) in [6, 6.07) is 21.0. The molecule has 196 valence electrons. The van der Waals surface area contributed by atoms with Crippen LogP contribution in [0, 0.1) is 0 Å². The van der Waals surface area contributed by atoms with Crippen molar-refractivity contribution in [2.75, 3.05) is 43.1 Å². The number of nitrogens with zero attached hydrogens (tertiary/aromatic N) is 2. The van der Waals surface area contributed by atoms with Gasteiger partial charge in [0.2, 0.25) is 0 Å². The maximum atomic E-state index is 13.4. The second-order valence-electron chi connectivity index (χ2n) is 9.20. The second kappa shape index (κ2) is 11.7. The highest BCUT2D eigenvalue weighted by atomic mass is 35.5. The smallest absolute Gasteiger partial charge is 0.329 e. The normalized spacial score (nSPS) is 16.9. The van der Waals surface area contributed by atoms with Crippen LogP contribution in [0.1, 0.15) is 21.5 Å². The highest BCUT2D eigenvalue weighted by Crippen LogP contribution is 2.28. The van der Waals surface area contributed by atoms with Crippen molar-refractivity contribution in [2.24, 2.45) is 0 Å². The van der Waals surface area contributed by atoms with Gasteiger partial charge in [0.05, 0.1) is 23.8 Å². The third kappa shape index (κ3) is 5.82. The summed E-state index contributed by atoms with van der Waals surface area (Å²) in [4.78, 5) is 42.8. The number of ether oxygens (including phenoxy) is 2. The lowest BCUT2D eigenvalue weighted by Gasteiger charge is -2.35. The predicted molar refractivity (Wildman–Crippen MR) is 144 cm³/mol. The van der Waals surface area contributed by atoms with Gasteiger partial charge in [-0.15, -0.1) is 0 Å². The number of morpholine rings is 1. The summed E-state index contributed by atoms with van der Waals surface area (Å²) in [5.41, 5.74) is 3.88.